The molecule has 4 nitrogen and oxygen atoms in total. The van der Waals surface area contributed by atoms with Crippen molar-refractivity contribution in [2.75, 3.05) is 31.2 Å². The highest BCUT2D eigenvalue weighted by atomic mass is 16.6. The summed E-state index contributed by atoms with van der Waals surface area (Å²) < 4.78 is 11.2. The van der Waals surface area contributed by atoms with E-state index in [4.69, 9.17) is 15.2 Å². The Hall–Kier alpha value is -2.20. The Morgan fingerprint density at radius 1 is 1.05 bits per heavy atom. The zero-order valence-electron chi connectivity index (χ0n) is 12.9. The summed E-state index contributed by atoms with van der Waals surface area (Å²) in [5, 5.41) is 0. The number of hydrogen-bond donors (Lipinski definition) is 1. The van der Waals surface area contributed by atoms with Gasteiger partial charge in [0.25, 0.3) is 0 Å². The molecule has 0 saturated carbocycles. The van der Waals surface area contributed by atoms with E-state index in [1.54, 1.807) is 0 Å². The van der Waals surface area contributed by atoms with E-state index >= 15 is 0 Å². The third-order valence-electron chi connectivity index (χ3n) is 3.91. The quantitative estimate of drug-likeness (QED) is 0.922. The molecule has 0 amide bonds. The fourth-order valence-electron chi connectivity index (χ4n) is 2.69. The van der Waals surface area contributed by atoms with Crippen LogP contribution in [0.2, 0.25) is 0 Å². The van der Waals surface area contributed by atoms with Gasteiger partial charge in [0.1, 0.15) is 13.2 Å². The molecule has 2 aromatic rings. The third kappa shape index (κ3) is 3.17. The van der Waals surface area contributed by atoms with E-state index < -0.39 is 0 Å². The molecule has 0 spiro atoms. The Kier molecular flexibility index (Phi) is 4.49. The lowest BCUT2D eigenvalue weighted by molar-refractivity contribution is 0.171. The van der Waals surface area contributed by atoms with E-state index in [9.17, 15) is 0 Å². The van der Waals surface area contributed by atoms with Crippen molar-refractivity contribution in [1.82, 2.24) is 0 Å². The van der Waals surface area contributed by atoms with Crippen molar-refractivity contribution in [3.8, 4) is 11.5 Å². The number of benzene rings is 2. The molecule has 0 bridgehead atoms. The highest BCUT2D eigenvalue weighted by Crippen LogP contribution is 2.32. The van der Waals surface area contributed by atoms with Crippen molar-refractivity contribution in [3.05, 3.63) is 54.1 Å². The van der Waals surface area contributed by atoms with Gasteiger partial charge in [0.05, 0.1) is 0 Å². The highest BCUT2D eigenvalue weighted by molar-refractivity contribution is 5.48. The van der Waals surface area contributed by atoms with Crippen LogP contribution in [-0.2, 0) is 0 Å². The molecule has 1 atom stereocenters. The van der Waals surface area contributed by atoms with Crippen LogP contribution in [0.5, 0.6) is 11.5 Å². The summed E-state index contributed by atoms with van der Waals surface area (Å²) in [4.78, 5) is 2.28. The zero-order valence-corrected chi connectivity index (χ0v) is 12.9. The monoisotopic (exact) mass is 298 g/mol. The van der Waals surface area contributed by atoms with Gasteiger partial charge < -0.3 is 20.1 Å². The second-order valence-electron chi connectivity index (χ2n) is 5.38. The number of nitrogens with zero attached hydrogens (tertiary/aromatic N) is 1. The van der Waals surface area contributed by atoms with Crippen LogP contribution in [0.3, 0.4) is 0 Å². The summed E-state index contributed by atoms with van der Waals surface area (Å²) in [6.45, 7) is 5.03. The predicted molar refractivity (Wildman–Crippen MR) is 88.7 cm³/mol. The fourth-order valence-corrected chi connectivity index (χ4v) is 2.69. The van der Waals surface area contributed by atoms with E-state index in [0.717, 1.165) is 30.2 Å². The van der Waals surface area contributed by atoms with Crippen LogP contribution >= 0.6 is 0 Å². The molecule has 0 fully saturated rings. The fraction of sp³-hybridized carbons (Fsp3) is 0.333. The number of likely N-dealkylation sites (N-methyl/N-ethyl adjacent to an activating group) is 1. The van der Waals surface area contributed by atoms with Crippen molar-refractivity contribution in [2.24, 2.45) is 5.73 Å². The molecular weight excluding hydrogens is 276 g/mol. The molecule has 3 rings (SSSR count). The van der Waals surface area contributed by atoms with Gasteiger partial charge in [0, 0.05) is 24.8 Å². The van der Waals surface area contributed by atoms with Crippen LogP contribution in [0.1, 0.15) is 18.5 Å². The van der Waals surface area contributed by atoms with Crippen LogP contribution in [0, 0.1) is 0 Å². The maximum absolute atomic E-state index is 6.40. The average molecular weight is 298 g/mol. The minimum atomic E-state index is -0.0732. The molecule has 0 radical (unpaired) electrons. The lowest BCUT2D eigenvalue weighted by Crippen LogP contribution is -2.32. The molecule has 1 unspecified atom stereocenters. The summed E-state index contributed by atoms with van der Waals surface area (Å²) in [6.07, 6.45) is 0. The van der Waals surface area contributed by atoms with Gasteiger partial charge in [-0.1, -0.05) is 24.3 Å². The van der Waals surface area contributed by atoms with E-state index in [0.29, 0.717) is 13.2 Å². The first-order valence-electron chi connectivity index (χ1n) is 7.73. The van der Waals surface area contributed by atoms with Crippen LogP contribution in [0.4, 0.5) is 5.69 Å². The van der Waals surface area contributed by atoms with Crippen molar-refractivity contribution in [3.63, 3.8) is 0 Å². The first kappa shape index (κ1) is 14.7. The highest BCUT2D eigenvalue weighted by Gasteiger charge is 2.16. The van der Waals surface area contributed by atoms with E-state index in [2.05, 4.69) is 24.0 Å². The molecule has 4 heteroatoms. The van der Waals surface area contributed by atoms with Gasteiger partial charge in [-0.25, -0.2) is 0 Å². The van der Waals surface area contributed by atoms with Crippen LogP contribution in [0.25, 0.3) is 0 Å². The Morgan fingerprint density at radius 3 is 2.50 bits per heavy atom. The first-order valence-corrected chi connectivity index (χ1v) is 7.73. The number of para-hydroxylation sites is 1. The van der Waals surface area contributed by atoms with E-state index in [1.807, 2.05) is 36.4 Å². The van der Waals surface area contributed by atoms with Crippen LogP contribution in [0.15, 0.2) is 48.5 Å². The van der Waals surface area contributed by atoms with Crippen LogP contribution < -0.4 is 20.1 Å². The normalized spacial score (nSPS) is 14.5. The largest absolute Gasteiger partial charge is 0.486 e. The summed E-state index contributed by atoms with van der Waals surface area (Å²) in [7, 11) is 0. The summed E-state index contributed by atoms with van der Waals surface area (Å²) in [6, 6.07) is 16.2. The first-order chi connectivity index (χ1) is 10.8. The molecular formula is C18H22N2O2. The van der Waals surface area contributed by atoms with Crippen LogP contribution in [-0.4, -0.2) is 26.3 Å². The van der Waals surface area contributed by atoms with Crippen molar-refractivity contribution in [1.29, 1.82) is 0 Å². The molecule has 0 aliphatic carbocycles. The van der Waals surface area contributed by atoms with Crippen molar-refractivity contribution in [2.45, 2.75) is 13.0 Å². The summed E-state index contributed by atoms with van der Waals surface area (Å²) >= 11 is 0. The standard InChI is InChI=1S/C18H22N2O2/c1-2-20(15-6-4-3-5-7-15)13-16(19)14-8-9-17-18(12-14)22-11-10-21-17/h3-9,12,16H,2,10-11,13,19H2,1H3. The minimum Gasteiger partial charge on any atom is -0.486 e. The summed E-state index contributed by atoms with van der Waals surface area (Å²) in [5.74, 6) is 1.60. The maximum Gasteiger partial charge on any atom is 0.161 e. The van der Waals surface area contributed by atoms with Gasteiger partial charge in [-0.2, -0.15) is 0 Å². The van der Waals surface area contributed by atoms with Gasteiger partial charge in [0.15, 0.2) is 11.5 Å². The van der Waals surface area contributed by atoms with Gasteiger partial charge in [-0.15, -0.1) is 0 Å². The number of nitrogens with two attached hydrogens (primary N) is 1. The number of rotatable bonds is 5. The van der Waals surface area contributed by atoms with Gasteiger partial charge >= 0.3 is 0 Å². The van der Waals surface area contributed by atoms with E-state index in [1.165, 1.54) is 5.69 Å². The lowest BCUT2D eigenvalue weighted by atomic mass is 10.1. The molecule has 2 N–H and O–H groups in total. The van der Waals surface area contributed by atoms with E-state index in [-0.39, 0.29) is 6.04 Å². The Morgan fingerprint density at radius 2 is 1.77 bits per heavy atom. The Bertz CT molecular complexity index is 616. The molecule has 1 aliphatic heterocycles. The van der Waals surface area contributed by atoms with Crippen molar-refractivity contribution >= 4 is 5.69 Å². The molecule has 1 aliphatic rings. The Labute approximate surface area is 131 Å². The van der Waals surface area contributed by atoms with Crippen molar-refractivity contribution < 1.29 is 9.47 Å². The Balaban J connectivity index is 1.74. The topological polar surface area (TPSA) is 47.7 Å². The average Bonchev–Trinajstić information content (AvgIpc) is 2.59. The molecule has 1 heterocycles. The molecule has 116 valence electrons. The molecule has 22 heavy (non-hydrogen) atoms. The smallest absolute Gasteiger partial charge is 0.161 e. The SMILES string of the molecule is CCN(CC(N)c1ccc2c(c1)OCCO2)c1ccccc1. The number of fused-ring (bicyclic) bond motifs is 1. The third-order valence-corrected chi connectivity index (χ3v) is 3.91. The summed E-state index contributed by atoms with van der Waals surface area (Å²) in [5.41, 5.74) is 8.66. The number of ether oxygens (including phenoxy) is 2. The number of hydrogen-bond acceptors (Lipinski definition) is 4. The second kappa shape index (κ2) is 6.71. The van der Waals surface area contributed by atoms with Gasteiger partial charge in [-0.05, 0) is 36.8 Å². The molecule has 2 aromatic carbocycles. The predicted octanol–water partition coefficient (Wildman–Crippen LogP) is 2.98. The zero-order chi connectivity index (χ0) is 15.4. The number of anilines is 1. The maximum atomic E-state index is 6.40. The lowest BCUT2D eigenvalue weighted by Gasteiger charge is -2.27. The molecule has 0 aromatic heterocycles. The minimum absolute atomic E-state index is 0.0732. The van der Waals surface area contributed by atoms with Gasteiger partial charge in [0.2, 0.25) is 0 Å². The van der Waals surface area contributed by atoms with Gasteiger partial charge in [-0.3, -0.25) is 0 Å². The second-order valence-corrected chi connectivity index (χ2v) is 5.38. The molecule has 0 saturated heterocycles.